The highest BCUT2D eigenvalue weighted by molar-refractivity contribution is 6.31. The molecule has 1 saturated carbocycles. The number of H-pyrrole nitrogens is 1. The summed E-state index contributed by atoms with van der Waals surface area (Å²) in [6.45, 7) is 0. The maximum absolute atomic E-state index is 5.95. The van der Waals surface area contributed by atoms with Crippen LogP contribution in [0.2, 0.25) is 5.02 Å². The lowest BCUT2D eigenvalue weighted by atomic mass is 9.89. The predicted molar refractivity (Wildman–Crippen MR) is 66.5 cm³/mol. The molecule has 1 aromatic heterocycles. The zero-order chi connectivity index (χ0) is 11.0. The van der Waals surface area contributed by atoms with E-state index in [0.717, 1.165) is 21.9 Å². The Morgan fingerprint density at radius 3 is 2.75 bits per heavy atom. The molecule has 1 aliphatic rings. The number of rotatable bonds is 1. The highest BCUT2D eigenvalue weighted by Crippen LogP contribution is 2.31. The van der Waals surface area contributed by atoms with E-state index in [-0.39, 0.29) is 0 Å². The van der Waals surface area contributed by atoms with Crippen LogP contribution in [-0.2, 0) is 0 Å². The van der Waals surface area contributed by atoms with Gasteiger partial charge in [0.1, 0.15) is 5.82 Å². The fourth-order valence-corrected chi connectivity index (χ4v) is 2.53. The first kappa shape index (κ1) is 10.2. The van der Waals surface area contributed by atoms with Gasteiger partial charge in [0.25, 0.3) is 0 Å². The van der Waals surface area contributed by atoms with Gasteiger partial charge in [-0.1, -0.05) is 30.9 Å². The Balaban J connectivity index is 1.97. The maximum atomic E-state index is 5.95. The zero-order valence-corrected chi connectivity index (χ0v) is 9.85. The normalized spacial score (nSPS) is 18.1. The lowest BCUT2D eigenvalue weighted by Gasteiger charge is -2.18. The fraction of sp³-hybridized carbons (Fsp3) is 0.385. The SMILES string of the molecule is Clc1ccc2[nH]c([C]3CCCCC3)nc2c1. The van der Waals surface area contributed by atoms with Crippen LogP contribution >= 0.6 is 11.6 Å². The first-order chi connectivity index (χ1) is 7.83. The maximum Gasteiger partial charge on any atom is 0.114 e. The van der Waals surface area contributed by atoms with Crippen LogP contribution in [0.15, 0.2) is 18.2 Å². The van der Waals surface area contributed by atoms with Crippen LogP contribution in [-0.4, -0.2) is 9.97 Å². The molecule has 0 saturated heterocycles. The number of nitrogens with one attached hydrogen (secondary N) is 1. The van der Waals surface area contributed by atoms with Gasteiger partial charge in [0, 0.05) is 10.9 Å². The summed E-state index contributed by atoms with van der Waals surface area (Å²) in [5.41, 5.74) is 2.05. The van der Waals surface area contributed by atoms with Gasteiger partial charge >= 0.3 is 0 Å². The van der Waals surface area contributed by atoms with Gasteiger partial charge in [0.05, 0.1) is 11.0 Å². The highest BCUT2D eigenvalue weighted by Gasteiger charge is 2.19. The van der Waals surface area contributed by atoms with E-state index in [0.29, 0.717) is 0 Å². The van der Waals surface area contributed by atoms with Crippen molar-refractivity contribution in [2.24, 2.45) is 0 Å². The summed E-state index contributed by atoms with van der Waals surface area (Å²) in [5.74, 6) is 2.54. The molecular weight excluding hydrogens is 220 g/mol. The lowest BCUT2D eigenvalue weighted by Crippen LogP contribution is -2.06. The molecule has 83 valence electrons. The van der Waals surface area contributed by atoms with Gasteiger partial charge in [0.15, 0.2) is 0 Å². The van der Waals surface area contributed by atoms with Crippen molar-refractivity contribution in [3.63, 3.8) is 0 Å². The number of halogens is 1. The summed E-state index contributed by atoms with van der Waals surface area (Å²) in [4.78, 5) is 8.01. The lowest BCUT2D eigenvalue weighted by molar-refractivity contribution is 0.542. The minimum atomic E-state index is 0.749. The van der Waals surface area contributed by atoms with Crippen LogP contribution in [0, 0.1) is 5.92 Å². The predicted octanol–water partition coefficient (Wildman–Crippen LogP) is 4.10. The molecule has 3 heteroatoms. The average Bonchev–Trinajstić information content (AvgIpc) is 2.73. The molecule has 0 aliphatic heterocycles. The van der Waals surface area contributed by atoms with Gasteiger partial charge < -0.3 is 4.98 Å². The van der Waals surface area contributed by atoms with Gasteiger partial charge in [-0.3, -0.25) is 0 Å². The molecule has 1 radical (unpaired) electrons. The van der Waals surface area contributed by atoms with Gasteiger partial charge in [-0.05, 0) is 31.0 Å². The van der Waals surface area contributed by atoms with Crippen molar-refractivity contribution in [3.05, 3.63) is 35.0 Å². The number of hydrogen-bond acceptors (Lipinski definition) is 1. The largest absolute Gasteiger partial charge is 0.341 e. The van der Waals surface area contributed by atoms with Crippen molar-refractivity contribution in [1.82, 2.24) is 9.97 Å². The topological polar surface area (TPSA) is 28.7 Å². The minimum absolute atomic E-state index is 0.749. The second-order valence-electron chi connectivity index (χ2n) is 4.41. The monoisotopic (exact) mass is 233 g/mol. The summed E-state index contributed by atoms with van der Waals surface area (Å²) in [5, 5.41) is 0.749. The number of aromatic amines is 1. The smallest absolute Gasteiger partial charge is 0.114 e. The van der Waals surface area contributed by atoms with Gasteiger partial charge in [0.2, 0.25) is 0 Å². The van der Waals surface area contributed by atoms with Crippen LogP contribution in [0.4, 0.5) is 0 Å². The van der Waals surface area contributed by atoms with E-state index >= 15 is 0 Å². The molecule has 1 heterocycles. The van der Waals surface area contributed by atoms with Crippen molar-refractivity contribution < 1.29 is 0 Å². The van der Waals surface area contributed by atoms with E-state index in [1.165, 1.54) is 38.0 Å². The third-order valence-corrected chi connectivity index (χ3v) is 3.47. The Kier molecular flexibility index (Phi) is 2.60. The van der Waals surface area contributed by atoms with E-state index in [9.17, 15) is 0 Å². The average molecular weight is 234 g/mol. The molecule has 2 aromatic rings. The second kappa shape index (κ2) is 4.10. The molecule has 0 atom stereocenters. The number of hydrogen-bond donors (Lipinski definition) is 1. The number of benzene rings is 1. The molecule has 1 aromatic carbocycles. The Morgan fingerprint density at radius 2 is 1.94 bits per heavy atom. The molecule has 1 fully saturated rings. The van der Waals surface area contributed by atoms with Crippen LogP contribution in [0.25, 0.3) is 11.0 Å². The van der Waals surface area contributed by atoms with Crippen molar-refractivity contribution in [2.75, 3.05) is 0 Å². The van der Waals surface area contributed by atoms with Crippen molar-refractivity contribution in [1.29, 1.82) is 0 Å². The first-order valence-electron chi connectivity index (χ1n) is 5.83. The summed E-state index contributed by atoms with van der Waals surface area (Å²) >= 11 is 5.95. The molecule has 1 N–H and O–H groups in total. The third kappa shape index (κ3) is 1.82. The van der Waals surface area contributed by atoms with Crippen LogP contribution < -0.4 is 0 Å². The summed E-state index contributed by atoms with van der Waals surface area (Å²) in [6, 6.07) is 5.81. The summed E-state index contributed by atoms with van der Waals surface area (Å²) < 4.78 is 0. The summed E-state index contributed by atoms with van der Waals surface area (Å²) in [7, 11) is 0. The molecule has 0 bridgehead atoms. The number of aromatic nitrogens is 2. The minimum Gasteiger partial charge on any atom is -0.341 e. The fourth-order valence-electron chi connectivity index (χ4n) is 2.36. The van der Waals surface area contributed by atoms with Crippen LogP contribution in [0.1, 0.15) is 37.9 Å². The van der Waals surface area contributed by atoms with Crippen LogP contribution in [0.3, 0.4) is 0 Å². The third-order valence-electron chi connectivity index (χ3n) is 3.24. The van der Waals surface area contributed by atoms with E-state index in [2.05, 4.69) is 9.97 Å². The van der Waals surface area contributed by atoms with E-state index < -0.39 is 0 Å². The molecule has 1 aliphatic carbocycles. The number of fused-ring (bicyclic) bond motifs is 1. The van der Waals surface area contributed by atoms with Crippen molar-refractivity contribution >= 4 is 22.6 Å². The van der Waals surface area contributed by atoms with Crippen molar-refractivity contribution in [3.8, 4) is 0 Å². The summed E-state index contributed by atoms with van der Waals surface area (Å²) in [6.07, 6.45) is 6.33. The van der Waals surface area contributed by atoms with Crippen LogP contribution in [0.5, 0.6) is 0 Å². The molecule has 0 spiro atoms. The Labute approximate surface area is 100 Å². The van der Waals surface area contributed by atoms with Crippen molar-refractivity contribution in [2.45, 2.75) is 32.1 Å². The van der Waals surface area contributed by atoms with Gasteiger partial charge in [-0.25, -0.2) is 4.98 Å². The first-order valence-corrected chi connectivity index (χ1v) is 6.21. The molecule has 3 rings (SSSR count). The molecule has 2 nitrogen and oxygen atoms in total. The number of imidazole rings is 1. The van der Waals surface area contributed by atoms with Gasteiger partial charge in [-0.2, -0.15) is 0 Å². The standard InChI is InChI=1S/C13H14ClN2/c14-10-6-7-11-12(8-10)16-13(15-11)9-4-2-1-3-5-9/h6-8H,1-5H2,(H,15,16). The van der Waals surface area contributed by atoms with E-state index in [1.807, 2.05) is 18.2 Å². The number of nitrogens with zero attached hydrogens (tertiary/aromatic N) is 1. The van der Waals surface area contributed by atoms with Gasteiger partial charge in [-0.15, -0.1) is 0 Å². The quantitative estimate of drug-likeness (QED) is 0.789. The molecule has 0 amide bonds. The Morgan fingerprint density at radius 1 is 1.12 bits per heavy atom. The molecule has 16 heavy (non-hydrogen) atoms. The van der Waals surface area contributed by atoms with E-state index in [1.54, 1.807) is 0 Å². The Bertz CT molecular complexity index is 498. The molecule has 0 unspecified atom stereocenters. The zero-order valence-electron chi connectivity index (χ0n) is 9.09. The highest BCUT2D eigenvalue weighted by atomic mass is 35.5. The second-order valence-corrected chi connectivity index (χ2v) is 4.85. The molecular formula is C13H14ClN2. The Hall–Kier alpha value is -1.02. The van der Waals surface area contributed by atoms with E-state index in [4.69, 9.17) is 11.6 Å².